The molecule has 0 bridgehead atoms. The number of nitrogens with zero attached hydrogens (tertiary/aromatic N) is 2. The predicted octanol–water partition coefficient (Wildman–Crippen LogP) is 2.46. The number of carbonyl (C=O) groups is 1. The van der Waals surface area contributed by atoms with Crippen LogP contribution in [0.5, 0.6) is 0 Å². The lowest BCUT2D eigenvalue weighted by Gasteiger charge is -2.20. The molecule has 0 atom stereocenters. The number of hydrogen-bond acceptors (Lipinski definition) is 4. The van der Waals surface area contributed by atoms with Gasteiger partial charge in [-0.25, -0.2) is 9.97 Å². The van der Waals surface area contributed by atoms with Gasteiger partial charge in [-0.1, -0.05) is 13.8 Å². The standard InChI is InChI=1S/C14H24N4O/c1-10(2)6-8-15-13-16-9-7-11(17-13)12(19)18-14(3,4)5/h7,9-10H,6,8H2,1-5H3,(H,18,19)(H,15,16,17). The third-order valence-electron chi connectivity index (χ3n) is 2.38. The van der Waals surface area contributed by atoms with E-state index in [9.17, 15) is 4.79 Å². The maximum absolute atomic E-state index is 12.0. The summed E-state index contributed by atoms with van der Waals surface area (Å²) < 4.78 is 0. The molecule has 5 nitrogen and oxygen atoms in total. The molecule has 0 radical (unpaired) electrons. The van der Waals surface area contributed by atoms with Crippen LogP contribution in [0.3, 0.4) is 0 Å². The van der Waals surface area contributed by atoms with E-state index in [1.807, 2.05) is 20.8 Å². The van der Waals surface area contributed by atoms with Crippen molar-refractivity contribution in [3.63, 3.8) is 0 Å². The van der Waals surface area contributed by atoms with Crippen molar-refractivity contribution in [1.29, 1.82) is 0 Å². The monoisotopic (exact) mass is 264 g/mol. The Bertz CT molecular complexity index is 424. The minimum absolute atomic E-state index is 0.179. The van der Waals surface area contributed by atoms with Gasteiger partial charge in [0.2, 0.25) is 5.95 Å². The molecule has 2 N–H and O–H groups in total. The van der Waals surface area contributed by atoms with Gasteiger partial charge in [0.05, 0.1) is 0 Å². The zero-order valence-electron chi connectivity index (χ0n) is 12.4. The molecule has 1 amide bonds. The number of anilines is 1. The van der Waals surface area contributed by atoms with Gasteiger partial charge in [0.25, 0.3) is 5.91 Å². The van der Waals surface area contributed by atoms with Crippen molar-refractivity contribution in [2.75, 3.05) is 11.9 Å². The smallest absolute Gasteiger partial charge is 0.270 e. The lowest BCUT2D eigenvalue weighted by Crippen LogP contribution is -2.41. The van der Waals surface area contributed by atoms with E-state index in [1.165, 1.54) is 0 Å². The fraction of sp³-hybridized carbons (Fsp3) is 0.643. The highest BCUT2D eigenvalue weighted by molar-refractivity contribution is 5.92. The summed E-state index contributed by atoms with van der Waals surface area (Å²) in [6.07, 6.45) is 2.64. The Morgan fingerprint density at radius 2 is 2.05 bits per heavy atom. The van der Waals surface area contributed by atoms with Gasteiger partial charge in [-0.15, -0.1) is 0 Å². The van der Waals surface area contributed by atoms with Gasteiger partial charge >= 0.3 is 0 Å². The van der Waals surface area contributed by atoms with E-state index in [0.29, 0.717) is 17.6 Å². The Morgan fingerprint density at radius 1 is 1.37 bits per heavy atom. The summed E-state index contributed by atoms with van der Waals surface area (Å²) in [5.74, 6) is 0.948. The maximum atomic E-state index is 12.0. The molecule has 0 spiro atoms. The van der Waals surface area contributed by atoms with Crippen molar-refractivity contribution in [3.8, 4) is 0 Å². The van der Waals surface area contributed by atoms with Gasteiger partial charge in [-0.2, -0.15) is 0 Å². The Morgan fingerprint density at radius 3 is 2.63 bits per heavy atom. The van der Waals surface area contributed by atoms with Crippen molar-refractivity contribution < 1.29 is 4.79 Å². The summed E-state index contributed by atoms with van der Waals surface area (Å²) in [6.45, 7) is 10.9. The molecule has 0 aliphatic carbocycles. The molecule has 106 valence electrons. The molecular weight excluding hydrogens is 240 g/mol. The van der Waals surface area contributed by atoms with Crippen LogP contribution < -0.4 is 10.6 Å². The number of rotatable bonds is 5. The minimum atomic E-state index is -0.271. The van der Waals surface area contributed by atoms with Crippen LogP contribution >= 0.6 is 0 Å². The number of amides is 1. The van der Waals surface area contributed by atoms with Crippen LogP contribution in [0.15, 0.2) is 12.3 Å². The highest BCUT2D eigenvalue weighted by Gasteiger charge is 2.16. The Balaban J connectivity index is 2.64. The second kappa shape index (κ2) is 6.50. The Labute approximate surface area is 115 Å². The van der Waals surface area contributed by atoms with Crippen molar-refractivity contribution in [2.45, 2.75) is 46.6 Å². The molecule has 19 heavy (non-hydrogen) atoms. The molecule has 0 aliphatic heterocycles. The average Bonchev–Trinajstić information content (AvgIpc) is 2.26. The second-order valence-electron chi connectivity index (χ2n) is 6.08. The summed E-state index contributed by atoms with van der Waals surface area (Å²) in [5.41, 5.74) is 0.116. The van der Waals surface area contributed by atoms with Crippen LogP contribution in [0.4, 0.5) is 5.95 Å². The van der Waals surface area contributed by atoms with E-state index < -0.39 is 0 Å². The molecule has 0 aromatic carbocycles. The van der Waals surface area contributed by atoms with E-state index in [4.69, 9.17) is 0 Å². The number of aromatic nitrogens is 2. The summed E-state index contributed by atoms with van der Waals surface area (Å²) in [7, 11) is 0. The second-order valence-corrected chi connectivity index (χ2v) is 6.08. The lowest BCUT2D eigenvalue weighted by atomic mass is 10.1. The van der Waals surface area contributed by atoms with Crippen LogP contribution in [-0.4, -0.2) is 28.0 Å². The molecule has 1 rings (SSSR count). The zero-order valence-corrected chi connectivity index (χ0v) is 12.4. The molecule has 5 heteroatoms. The minimum Gasteiger partial charge on any atom is -0.354 e. The molecule has 1 aromatic heterocycles. The average molecular weight is 264 g/mol. The van der Waals surface area contributed by atoms with E-state index >= 15 is 0 Å². The molecule has 0 aliphatic rings. The molecule has 0 fully saturated rings. The number of carbonyl (C=O) groups excluding carboxylic acids is 1. The third-order valence-corrected chi connectivity index (χ3v) is 2.38. The molecule has 0 saturated carbocycles. The van der Waals surface area contributed by atoms with Crippen molar-refractivity contribution in [3.05, 3.63) is 18.0 Å². The van der Waals surface area contributed by atoms with Crippen LogP contribution in [-0.2, 0) is 0 Å². The van der Waals surface area contributed by atoms with E-state index in [-0.39, 0.29) is 11.4 Å². The topological polar surface area (TPSA) is 66.9 Å². The van der Waals surface area contributed by atoms with Crippen molar-refractivity contribution in [1.82, 2.24) is 15.3 Å². The number of hydrogen-bond donors (Lipinski definition) is 2. The largest absolute Gasteiger partial charge is 0.354 e. The predicted molar refractivity (Wildman–Crippen MR) is 77.2 cm³/mol. The first-order valence-corrected chi connectivity index (χ1v) is 6.67. The first-order chi connectivity index (χ1) is 8.78. The first-order valence-electron chi connectivity index (χ1n) is 6.67. The van der Waals surface area contributed by atoms with Gasteiger partial charge in [-0.05, 0) is 39.2 Å². The van der Waals surface area contributed by atoms with E-state index in [0.717, 1.165) is 13.0 Å². The summed E-state index contributed by atoms with van der Waals surface area (Å²) in [4.78, 5) is 20.3. The van der Waals surface area contributed by atoms with E-state index in [2.05, 4.69) is 34.4 Å². The molecular formula is C14H24N4O. The highest BCUT2D eigenvalue weighted by Crippen LogP contribution is 2.06. The van der Waals surface area contributed by atoms with Gasteiger partial charge in [0, 0.05) is 18.3 Å². The highest BCUT2D eigenvalue weighted by atomic mass is 16.2. The lowest BCUT2D eigenvalue weighted by molar-refractivity contribution is 0.0914. The zero-order chi connectivity index (χ0) is 14.5. The van der Waals surface area contributed by atoms with E-state index in [1.54, 1.807) is 12.3 Å². The summed E-state index contributed by atoms with van der Waals surface area (Å²) in [6, 6.07) is 1.62. The Kier molecular flexibility index (Phi) is 5.27. The molecule has 1 heterocycles. The van der Waals surface area contributed by atoms with Crippen LogP contribution in [0.2, 0.25) is 0 Å². The summed E-state index contributed by atoms with van der Waals surface area (Å²) >= 11 is 0. The first kappa shape index (κ1) is 15.4. The number of nitrogens with one attached hydrogen (secondary N) is 2. The fourth-order valence-electron chi connectivity index (χ4n) is 1.45. The normalized spacial score (nSPS) is 11.5. The van der Waals surface area contributed by atoms with Gasteiger partial charge in [0.1, 0.15) is 5.69 Å². The SMILES string of the molecule is CC(C)CCNc1nccc(C(=O)NC(C)(C)C)n1. The van der Waals surface area contributed by atoms with Gasteiger partial charge < -0.3 is 10.6 Å². The van der Waals surface area contributed by atoms with Crippen molar-refractivity contribution >= 4 is 11.9 Å². The van der Waals surface area contributed by atoms with Crippen molar-refractivity contribution in [2.24, 2.45) is 5.92 Å². The van der Waals surface area contributed by atoms with Crippen LogP contribution in [0.1, 0.15) is 51.5 Å². The summed E-state index contributed by atoms with van der Waals surface area (Å²) in [5, 5.41) is 6.01. The maximum Gasteiger partial charge on any atom is 0.270 e. The quantitative estimate of drug-likeness (QED) is 0.857. The van der Waals surface area contributed by atoms with Gasteiger partial charge in [-0.3, -0.25) is 4.79 Å². The molecule has 0 unspecified atom stereocenters. The Hall–Kier alpha value is -1.65. The third kappa shape index (κ3) is 6.18. The molecule has 0 saturated heterocycles. The van der Waals surface area contributed by atoms with Crippen LogP contribution in [0, 0.1) is 5.92 Å². The van der Waals surface area contributed by atoms with Crippen LogP contribution in [0.25, 0.3) is 0 Å². The fourth-order valence-corrected chi connectivity index (χ4v) is 1.45. The van der Waals surface area contributed by atoms with Gasteiger partial charge in [0.15, 0.2) is 0 Å². The molecule has 1 aromatic rings.